The third kappa shape index (κ3) is 3.25. The lowest BCUT2D eigenvalue weighted by molar-refractivity contribution is -0.483. The van der Waals surface area contributed by atoms with Crippen LogP contribution in [0.1, 0.15) is 5.69 Å². The van der Waals surface area contributed by atoms with E-state index in [-0.39, 0.29) is 26.0 Å². The van der Waals surface area contributed by atoms with Crippen molar-refractivity contribution in [3.8, 4) is 17.0 Å². The Bertz CT molecular complexity index is 1640. The van der Waals surface area contributed by atoms with Crippen LogP contribution in [0.5, 0.6) is 5.88 Å². The summed E-state index contributed by atoms with van der Waals surface area (Å²) in [5, 5.41) is 13.7. The molecule has 0 atom stereocenters. The molecule has 0 fully saturated rings. The van der Waals surface area contributed by atoms with Gasteiger partial charge in [-0.15, -0.1) is 0 Å². The van der Waals surface area contributed by atoms with Crippen molar-refractivity contribution < 1.29 is 9.35 Å². The number of rotatable bonds is 2. The van der Waals surface area contributed by atoms with E-state index in [1.54, 1.807) is 0 Å². The molecule has 5 aromatic rings. The molecule has 0 saturated carbocycles. The van der Waals surface area contributed by atoms with Gasteiger partial charge in [-0.25, -0.2) is 0 Å². The van der Waals surface area contributed by atoms with E-state index in [1.165, 1.54) is 0 Å². The molecule has 0 amide bonds. The summed E-state index contributed by atoms with van der Waals surface area (Å²) in [6.07, 6.45) is 1.83. The molecule has 3 aromatic carbocycles. The Kier molecular flexibility index (Phi) is 5.31. The number of nitrogens with one attached hydrogen (secondary N) is 1. The standard InChI is InChI=1S/C25H14Cl4N2O/c1-31-14(10-11-16-15(8-5-9-18(16)31)13-6-3-2-4-7-13)12-17-19-20(25(32)30-17)22(27)24(29)23(28)21(19)26/h2-12,30H,1H2/p+1. The lowest BCUT2D eigenvalue weighted by Crippen LogP contribution is -2.35. The van der Waals surface area contributed by atoms with Gasteiger partial charge < -0.3 is 10.1 Å². The van der Waals surface area contributed by atoms with Crippen LogP contribution in [-0.2, 0) is 0 Å². The maximum Gasteiger partial charge on any atom is 0.218 e. The Morgan fingerprint density at radius 1 is 0.781 bits per heavy atom. The highest BCUT2D eigenvalue weighted by Crippen LogP contribution is 2.47. The Morgan fingerprint density at radius 3 is 2.19 bits per heavy atom. The predicted octanol–water partition coefficient (Wildman–Crippen LogP) is 7.06. The van der Waals surface area contributed by atoms with E-state index >= 15 is 0 Å². The summed E-state index contributed by atoms with van der Waals surface area (Å²) in [4.78, 5) is 2.92. The topological polar surface area (TPSA) is 41.9 Å². The van der Waals surface area contributed by atoms with Gasteiger partial charge in [0.05, 0.1) is 36.6 Å². The summed E-state index contributed by atoms with van der Waals surface area (Å²) in [5.74, 6) is -0.139. The fourth-order valence-corrected chi connectivity index (χ4v) is 5.02. The number of benzene rings is 3. The molecule has 0 unspecified atom stereocenters. The lowest BCUT2D eigenvalue weighted by atomic mass is 10.0. The molecule has 0 aliphatic carbocycles. The van der Waals surface area contributed by atoms with Crippen molar-refractivity contribution in [2.24, 2.45) is 0 Å². The van der Waals surface area contributed by atoms with Crippen molar-refractivity contribution in [3.05, 3.63) is 98.5 Å². The van der Waals surface area contributed by atoms with E-state index in [0.717, 1.165) is 27.4 Å². The first kappa shape index (κ1) is 21.2. The normalized spacial score (nSPS) is 12.2. The van der Waals surface area contributed by atoms with E-state index < -0.39 is 0 Å². The Hall–Kier alpha value is -2.69. The molecule has 0 spiro atoms. The number of aromatic hydroxyl groups is 1. The van der Waals surface area contributed by atoms with Crippen molar-refractivity contribution in [2.75, 3.05) is 0 Å². The van der Waals surface area contributed by atoms with Crippen molar-refractivity contribution in [3.63, 3.8) is 0 Å². The molecule has 2 aromatic heterocycles. The number of aromatic nitrogens is 2. The number of H-pyrrole nitrogens is 1. The highest BCUT2D eigenvalue weighted by molar-refractivity contribution is 6.55. The minimum absolute atomic E-state index is 0.0954. The predicted molar refractivity (Wildman–Crippen MR) is 134 cm³/mol. The van der Waals surface area contributed by atoms with Crippen LogP contribution in [0, 0.1) is 6.72 Å². The van der Waals surface area contributed by atoms with Crippen LogP contribution in [0.3, 0.4) is 0 Å². The second-order valence-corrected chi connectivity index (χ2v) is 8.84. The molecule has 0 bridgehead atoms. The van der Waals surface area contributed by atoms with Gasteiger partial charge in [0.15, 0.2) is 5.88 Å². The van der Waals surface area contributed by atoms with Gasteiger partial charge in [0, 0.05) is 23.6 Å². The van der Waals surface area contributed by atoms with E-state index in [1.807, 2.05) is 46.7 Å². The summed E-state index contributed by atoms with van der Waals surface area (Å²) in [6.45, 7) is 4.24. The Morgan fingerprint density at radius 2 is 1.47 bits per heavy atom. The first-order valence-corrected chi connectivity index (χ1v) is 11.1. The average Bonchev–Trinajstić information content (AvgIpc) is 3.14. The molecule has 7 heteroatoms. The average molecular weight is 501 g/mol. The van der Waals surface area contributed by atoms with Gasteiger partial charge in [-0.2, -0.15) is 4.24 Å². The lowest BCUT2D eigenvalue weighted by Gasteiger charge is -2.05. The van der Waals surface area contributed by atoms with Crippen LogP contribution >= 0.6 is 46.4 Å². The Labute approximate surface area is 203 Å². The molecule has 5 rings (SSSR count). The van der Waals surface area contributed by atoms with Crippen LogP contribution in [0.25, 0.3) is 38.9 Å². The van der Waals surface area contributed by atoms with E-state index in [0.29, 0.717) is 16.5 Å². The molecule has 0 saturated heterocycles. The van der Waals surface area contributed by atoms with E-state index in [4.69, 9.17) is 46.4 Å². The van der Waals surface area contributed by atoms with Crippen LogP contribution in [-0.4, -0.2) is 10.1 Å². The second kappa shape index (κ2) is 8.02. The van der Waals surface area contributed by atoms with Gasteiger partial charge in [0.25, 0.3) is 0 Å². The minimum atomic E-state index is -0.139. The van der Waals surface area contributed by atoms with Crippen molar-refractivity contribution >= 4 is 74.2 Å². The summed E-state index contributed by atoms with van der Waals surface area (Å²) < 4.78 is 1.83. The molecular weight excluding hydrogens is 486 g/mol. The number of fused-ring (bicyclic) bond motifs is 2. The van der Waals surface area contributed by atoms with Gasteiger partial charge >= 0.3 is 0 Å². The summed E-state index contributed by atoms with van der Waals surface area (Å²) >= 11 is 25.2. The van der Waals surface area contributed by atoms with Gasteiger partial charge in [0.2, 0.25) is 10.9 Å². The SMILES string of the molecule is C=[n+]1c(=Cc2[nH]c(O)c3c(Cl)c(Cl)c(Cl)c(Cl)c23)ccc2c(-c3ccccc3)cccc21. The molecule has 0 radical (unpaired) electrons. The smallest absolute Gasteiger partial charge is 0.218 e. The third-order valence-corrected chi connectivity index (χ3v) is 7.31. The van der Waals surface area contributed by atoms with Gasteiger partial charge in [-0.1, -0.05) is 88.9 Å². The maximum absolute atomic E-state index is 10.5. The first-order valence-electron chi connectivity index (χ1n) is 9.64. The van der Waals surface area contributed by atoms with Crippen LogP contribution in [0.4, 0.5) is 0 Å². The fourth-order valence-electron chi connectivity index (χ4n) is 3.97. The molecule has 32 heavy (non-hydrogen) atoms. The molecule has 3 nitrogen and oxygen atoms in total. The monoisotopic (exact) mass is 499 g/mol. The van der Waals surface area contributed by atoms with Crippen molar-refractivity contribution in [1.82, 2.24) is 4.98 Å². The minimum Gasteiger partial charge on any atom is -0.494 e. The highest BCUT2D eigenvalue weighted by Gasteiger charge is 2.22. The first-order chi connectivity index (χ1) is 15.4. The quantitative estimate of drug-likeness (QED) is 0.152. The molecule has 0 aliphatic rings. The van der Waals surface area contributed by atoms with Gasteiger partial charge in [-0.3, -0.25) is 0 Å². The Balaban J connectivity index is 1.79. The molecule has 0 aliphatic heterocycles. The molecule has 2 heterocycles. The van der Waals surface area contributed by atoms with Crippen molar-refractivity contribution in [1.29, 1.82) is 0 Å². The molecule has 2 N–H and O–H groups in total. The number of pyridine rings is 1. The maximum atomic E-state index is 10.5. The van der Waals surface area contributed by atoms with Crippen LogP contribution < -0.4 is 9.59 Å². The molecular formula is C25H15Cl4N2O+. The second-order valence-electron chi connectivity index (χ2n) is 7.33. The summed E-state index contributed by atoms with van der Waals surface area (Å²) in [5.41, 5.74) is 3.73. The van der Waals surface area contributed by atoms with Crippen LogP contribution in [0.2, 0.25) is 20.1 Å². The fraction of sp³-hybridized carbons (Fsp3) is 0. The summed E-state index contributed by atoms with van der Waals surface area (Å²) in [7, 11) is 0. The zero-order valence-electron chi connectivity index (χ0n) is 16.5. The third-order valence-electron chi connectivity index (χ3n) is 5.51. The van der Waals surface area contributed by atoms with Crippen molar-refractivity contribution in [2.45, 2.75) is 0 Å². The zero-order valence-corrected chi connectivity index (χ0v) is 19.5. The zero-order chi connectivity index (χ0) is 22.6. The number of nitrogens with zero attached hydrogens (tertiary/aromatic N) is 1. The van der Waals surface area contributed by atoms with E-state index in [2.05, 4.69) is 36.0 Å². The summed E-state index contributed by atoms with van der Waals surface area (Å²) in [6, 6.07) is 20.3. The van der Waals surface area contributed by atoms with Crippen LogP contribution in [0.15, 0.2) is 60.7 Å². The highest BCUT2D eigenvalue weighted by atomic mass is 35.5. The van der Waals surface area contributed by atoms with Gasteiger partial charge in [0.1, 0.15) is 6.72 Å². The molecule has 158 valence electrons. The number of hydrogen-bond acceptors (Lipinski definition) is 1. The van der Waals surface area contributed by atoms with Gasteiger partial charge in [-0.05, 0) is 17.2 Å². The van der Waals surface area contributed by atoms with E-state index in [9.17, 15) is 5.11 Å². The largest absolute Gasteiger partial charge is 0.494 e. The number of hydrogen-bond donors (Lipinski definition) is 2. The number of halogens is 4. The number of aromatic amines is 1.